The van der Waals surface area contributed by atoms with E-state index in [0.29, 0.717) is 17.3 Å². The summed E-state index contributed by atoms with van der Waals surface area (Å²) in [7, 11) is -3.44. The van der Waals surface area contributed by atoms with Gasteiger partial charge in [-0.25, -0.2) is 8.42 Å². The molecule has 1 aliphatic heterocycles. The Morgan fingerprint density at radius 1 is 1.17 bits per heavy atom. The van der Waals surface area contributed by atoms with Gasteiger partial charge in [0.15, 0.2) is 0 Å². The van der Waals surface area contributed by atoms with Crippen molar-refractivity contribution in [3.8, 4) is 0 Å². The van der Waals surface area contributed by atoms with Gasteiger partial charge in [0.2, 0.25) is 0 Å². The Hall–Kier alpha value is -1.21. The lowest BCUT2D eigenvalue weighted by molar-refractivity contribution is -0.0528. The molecule has 4 nitrogen and oxygen atoms in total. The first-order chi connectivity index (χ1) is 11.5. The maximum Gasteiger partial charge on any atom is 0.252 e. The number of ether oxygens (including phenoxy) is 1. The molecule has 3 rings (SSSR count). The zero-order chi connectivity index (χ0) is 17.2. The second-order valence-electron chi connectivity index (χ2n) is 6.15. The van der Waals surface area contributed by atoms with Crippen LogP contribution in [-0.4, -0.2) is 38.0 Å². The molecule has 2 heterocycles. The third-order valence-corrected chi connectivity index (χ3v) is 7.71. The Bertz CT molecular complexity index is 771. The molecule has 130 valence electrons. The monoisotopic (exact) mass is 365 g/mol. The van der Waals surface area contributed by atoms with Gasteiger partial charge in [-0.15, -0.1) is 11.3 Å². The fourth-order valence-corrected chi connectivity index (χ4v) is 6.00. The molecule has 2 unspecified atom stereocenters. The first-order valence-corrected chi connectivity index (χ1v) is 10.5. The fraction of sp³-hybridized carbons (Fsp3) is 0.444. The average molecular weight is 366 g/mol. The van der Waals surface area contributed by atoms with Crippen LogP contribution in [0.1, 0.15) is 24.3 Å². The van der Waals surface area contributed by atoms with Crippen molar-refractivity contribution in [1.29, 1.82) is 0 Å². The second-order valence-corrected chi connectivity index (χ2v) is 9.49. The van der Waals surface area contributed by atoms with Crippen LogP contribution in [0.3, 0.4) is 0 Å². The van der Waals surface area contributed by atoms with Gasteiger partial charge in [-0.05, 0) is 37.5 Å². The molecule has 2 atom stereocenters. The largest absolute Gasteiger partial charge is 0.372 e. The lowest BCUT2D eigenvalue weighted by Gasteiger charge is -2.35. The highest BCUT2D eigenvalue weighted by Gasteiger charge is 2.34. The van der Waals surface area contributed by atoms with Crippen molar-refractivity contribution in [2.45, 2.75) is 43.1 Å². The average Bonchev–Trinajstić information content (AvgIpc) is 3.05. The predicted octanol–water partition coefficient (Wildman–Crippen LogP) is 3.33. The van der Waals surface area contributed by atoms with E-state index in [0.717, 1.165) is 17.7 Å². The van der Waals surface area contributed by atoms with Crippen molar-refractivity contribution >= 4 is 21.4 Å². The van der Waals surface area contributed by atoms with Gasteiger partial charge in [-0.1, -0.05) is 37.3 Å². The normalized spacial score (nSPS) is 22.6. The van der Waals surface area contributed by atoms with E-state index in [1.165, 1.54) is 16.9 Å². The first-order valence-electron chi connectivity index (χ1n) is 8.27. The van der Waals surface area contributed by atoms with E-state index in [9.17, 15) is 8.42 Å². The molecule has 1 fully saturated rings. The number of aryl methyl sites for hydroxylation is 1. The minimum Gasteiger partial charge on any atom is -0.372 e. The highest BCUT2D eigenvalue weighted by molar-refractivity contribution is 7.91. The van der Waals surface area contributed by atoms with Crippen LogP contribution in [0, 0.1) is 0 Å². The van der Waals surface area contributed by atoms with Crippen molar-refractivity contribution < 1.29 is 13.2 Å². The van der Waals surface area contributed by atoms with Crippen molar-refractivity contribution in [2.24, 2.45) is 0 Å². The van der Waals surface area contributed by atoms with Gasteiger partial charge in [0, 0.05) is 18.0 Å². The van der Waals surface area contributed by atoms with Crippen LogP contribution < -0.4 is 0 Å². The lowest BCUT2D eigenvalue weighted by Crippen LogP contribution is -2.49. The Balaban J connectivity index is 1.77. The maximum absolute atomic E-state index is 12.9. The van der Waals surface area contributed by atoms with Crippen LogP contribution in [0.25, 0.3) is 0 Å². The van der Waals surface area contributed by atoms with E-state index in [-0.39, 0.29) is 12.2 Å². The standard InChI is InChI=1S/C18H23NO3S2/c1-3-17-9-10-18(23-17)24(20,21)19-12-14(2)22-16(13-19)11-15-7-5-4-6-8-15/h4-10,14,16H,3,11-13H2,1-2H3. The van der Waals surface area contributed by atoms with E-state index in [1.807, 2.05) is 50.2 Å². The number of hydrogen-bond donors (Lipinski definition) is 0. The summed E-state index contributed by atoms with van der Waals surface area (Å²) in [6, 6.07) is 13.7. The highest BCUT2D eigenvalue weighted by Crippen LogP contribution is 2.28. The number of nitrogens with zero attached hydrogens (tertiary/aromatic N) is 1. The molecule has 2 aromatic rings. The molecule has 1 aromatic carbocycles. The highest BCUT2D eigenvalue weighted by atomic mass is 32.2. The summed E-state index contributed by atoms with van der Waals surface area (Å²) in [4.78, 5) is 1.09. The summed E-state index contributed by atoms with van der Waals surface area (Å²) in [6.45, 7) is 4.79. The maximum atomic E-state index is 12.9. The molecule has 6 heteroatoms. The summed E-state index contributed by atoms with van der Waals surface area (Å²) in [5.41, 5.74) is 1.17. The number of thiophene rings is 1. The number of benzene rings is 1. The Morgan fingerprint density at radius 3 is 2.58 bits per heavy atom. The van der Waals surface area contributed by atoms with Gasteiger partial charge < -0.3 is 4.74 Å². The van der Waals surface area contributed by atoms with Gasteiger partial charge in [0.25, 0.3) is 10.0 Å². The molecule has 0 amide bonds. The molecule has 0 bridgehead atoms. The molecule has 0 saturated carbocycles. The quantitative estimate of drug-likeness (QED) is 0.816. The van der Waals surface area contributed by atoms with E-state index in [4.69, 9.17) is 4.74 Å². The lowest BCUT2D eigenvalue weighted by atomic mass is 10.1. The minimum absolute atomic E-state index is 0.104. The molecular formula is C18H23NO3S2. The molecule has 1 aliphatic rings. The number of morpholine rings is 1. The zero-order valence-electron chi connectivity index (χ0n) is 14.0. The fourth-order valence-electron chi connectivity index (χ4n) is 3.00. The van der Waals surface area contributed by atoms with Gasteiger partial charge in [-0.2, -0.15) is 4.31 Å². The molecule has 0 spiro atoms. The van der Waals surface area contributed by atoms with E-state index in [1.54, 1.807) is 10.4 Å². The molecule has 0 N–H and O–H groups in total. The molecule has 0 radical (unpaired) electrons. The predicted molar refractivity (Wildman–Crippen MR) is 96.9 cm³/mol. The molecule has 1 aromatic heterocycles. The smallest absolute Gasteiger partial charge is 0.252 e. The summed E-state index contributed by atoms with van der Waals surface area (Å²) < 4.78 is 33.9. The van der Waals surface area contributed by atoms with Crippen molar-refractivity contribution in [1.82, 2.24) is 4.31 Å². The van der Waals surface area contributed by atoms with Crippen LogP contribution in [0.2, 0.25) is 0 Å². The van der Waals surface area contributed by atoms with Gasteiger partial charge in [0.05, 0.1) is 12.2 Å². The third kappa shape index (κ3) is 3.88. The first kappa shape index (κ1) is 17.6. The van der Waals surface area contributed by atoms with Gasteiger partial charge in [-0.3, -0.25) is 0 Å². The van der Waals surface area contributed by atoms with Crippen LogP contribution in [0.5, 0.6) is 0 Å². The summed E-state index contributed by atoms with van der Waals surface area (Å²) in [6.07, 6.45) is 1.36. The van der Waals surface area contributed by atoms with E-state index in [2.05, 4.69) is 0 Å². The van der Waals surface area contributed by atoms with Crippen LogP contribution in [-0.2, 0) is 27.6 Å². The van der Waals surface area contributed by atoms with Crippen molar-refractivity contribution in [2.75, 3.05) is 13.1 Å². The minimum atomic E-state index is -3.44. The Morgan fingerprint density at radius 2 is 1.92 bits per heavy atom. The summed E-state index contributed by atoms with van der Waals surface area (Å²) in [5, 5.41) is 0. The summed E-state index contributed by atoms with van der Waals surface area (Å²) >= 11 is 1.37. The molecule has 1 saturated heterocycles. The Kier molecular flexibility index (Phi) is 5.39. The van der Waals surface area contributed by atoms with Gasteiger partial charge in [0.1, 0.15) is 4.21 Å². The SMILES string of the molecule is CCc1ccc(S(=O)(=O)N2CC(C)OC(Cc3ccccc3)C2)s1. The number of hydrogen-bond acceptors (Lipinski definition) is 4. The van der Waals surface area contributed by atoms with E-state index >= 15 is 0 Å². The third-order valence-electron chi connectivity index (χ3n) is 4.18. The molecular weight excluding hydrogens is 342 g/mol. The molecule has 24 heavy (non-hydrogen) atoms. The second kappa shape index (κ2) is 7.35. The van der Waals surface area contributed by atoms with Crippen molar-refractivity contribution in [3.63, 3.8) is 0 Å². The van der Waals surface area contributed by atoms with E-state index < -0.39 is 10.0 Å². The topological polar surface area (TPSA) is 46.6 Å². The molecule has 0 aliphatic carbocycles. The number of sulfonamides is 1. The zero-order valence-corrected chi connectivity index (χ0v) is 15.6. The number of rotatable bonds is 5. The van der Waals surface area contributed by atoms with Crippen LogP contribution >= 0.6 is 11.3 Å². The van der Waals surface area contributed by atoms with Crippen LogP contribution in [0.15, 0.2) is 46.7 Å². The van der Waals surface area contributed by atoms with Crippen molar-refractivity contribution in [3.05, 3.63) is 52.9 Å². The summed E-state index contributed by atoms with van der Waals surface area (Å²) in [5.74, 6) is 0. The van der Waals surface area contributed by atoms with Gasteiger partial charge >= 0.3 is 0 Å². The Labute approximate surface area is 148 Å². The van der Waals surface area contributed by atoms with Crippen LogP contribution in [0.4, 0.5) is 0 Å².